The first-order valence-corrected chi connectivity index (χ1v) is 10.4. The highest BCUT2D eigenvalue weighted by molar-refractivity contribution is 9.10. The zero-order valence-corrected chi connectivity index (χ0v) is 13.7. The van der Waals surface area contributed by atoms with E-state index in [1.807, 2.05) is 0 Å². The van der Waals surface area contributed by atoms with E-state index in [-0.39, 0.29) is 0 Å². The standard InChI is InChI=1S/C14H18BrNOSi/c1-18(2,3)17-14(10-16)7-6-11-4-5-13(15)8-12(11)9-14/h4-5,8H,6-7,9H2,1-3H3. The molecule has 0 bridgehead atoms. The summed E-state index contributed by atoms with van der Waals surface area (Å²) in [4.78, 5) is 0. The van der Waals surface area contributed by atoms with Gasteiger partial charge in [0.2, 0.25) is 0 Å². The lowest BCUT2D eigenvalue weighted by Crippen LogP contribution is -2.45. The van der Waals surface area contributed by atoms with E-state index < -0.39 is 13.9 Å². The quantitative estimate of drug-likeness (QED) is 0.769. The van der Waals surface area contributed by atoms with Crippen molar-refractivity contribution in [2.24, 2.45) is 0 Å². The van der Waals surface area contributed by atoms with Crippen LogP contribution < -0.4 is 0 Å². The summed E-state index contributed by atoms with van der Waals surface area (Å²) in [6.07, 6.45) is 2.45. The smallest absolute Gasteiger partial charge is 0.185 e. The van der Waals surface area contributed by atoms with E-state index >= 15 is 0 Å². The van der Waals surface area contributed by atoms with E-state index in [4.69, 9.17) is 4.43 Å². The van der Waals surface area contributed by atoms with Crippen molar-refractivity contribution in [3.05, 3.63) is 33.8 Å². The highest BCUT2D eigenvalue weighted by atomic mass is 79.9. The Balaban J connectivity index is 2.31. The van der Waals surface area contributed by atoms with E-state index in [0.717, 1.165) is 17.3 Å². The molecule has 1 aromatic carbocycles. The first kappa shape index (κ1) is 13.8. The van der Waals surface area contributed by atoms with Gasteiger partial charge in [-0.1, -0.05) is 22.0 Å². The summed E-state index contributed by atoms with van der Waals surface area (Å²) in [6, 6.07) is 8.77. The Hall–Kier alpha value is -0.633. The molecule has 18 heavy (non-hydrogen) atoms. The zero-order chi connectivity index (χ0) is 13.4. The number of rotatable bonds is 2. The van der Waals surface area contributed by atoms with Crippen molar-refractivity contribution in [3.63, 3.8) is 0 Å². The third kappa shape index (κ3) is 3.03. The number of hydrogen-bond donors (Lipinski definition) is 0. The van der Waals surface area contributed by atoms with Crippen LogP contribution in [-0.4, -0.2) is 13.9 Å². The van der Waals surface area contributed by atoms with Gasteiger partial charge >= 0.3 is 0 Å². The Labute approximate surface area is 118 Å². The van der Waals surface area contributed by atoms with E-state index in [9.17, 15) is 5.26 Å². The van der Waals surface area contributed by atoms with E-state index in [0.29, 0.717) is 6.42 Å². The first-order chi connectivity index (χ1) is 8.34. The molecule has 1 unspecified atom stereocenters. The van der Waals surface area contributed by atoms with Crippen LogP contribution in [0.5, 0.6) is 0 Å². The van der Waals surface area contributed by atoms with Crippen molar-refractivity contribution in [1.82, 2.24) is 0 Å². The predicted octanol–water partition coefficient (Wildman–Crippen LogP) is 4.05. The molecule has 0 saturated heterocycles. The van der Waals surface area contributed by atoms with Crippen LogP contribution in [0, 0.1) is 11.3 Å². The number of fused-ring (bicyclic) bond motifs is 1. The second-order valence-electron chi connectivity index (χ2n) is 5.91. The van der Waals surface area contributed by atoms with Crippen molar-refractivity contribution >= 4 is 24.2 Å². The molecule has 1 aromatic rings. The van der Waals surface area contributed by atoms with Crippen LogP contribution in [0.25, 0.3) is 0 Å². The van der Waals surface area contributed by atoms with Gasteiger partial charge in [-0.25, -0.2) is 0 Å². The molecule has 0 saturated carbocycles. The molecular formula is C14H18BrNOSi. The fourth-order valence-corrected chi connectivity index (χ4v) is 4.33. The number of benzene rings is 1. The van der Waals surface area contributed by atoms with Gasteiger partial charge in [-0.2, -0.15) is 5.26 Å². The van der Waals surface area contributed by atoms with Gasteiger partial charge in [0, 0.05) is 10.9 Å². The Kier molecular flexibility index (Phi) is 3.68. The van der Waals surface area contributed by atoms with E-state index in [2.05, 4.69) is 59.8 Å². The molecular weight excluding hydrogens is 306 g/mol. The van der Waals surface area contributed by atoms with Crippen LogP contribution >= 0.6 is 15.9 Å². The normalized spacial score (nSPS) is 23.3. The van der Waals surface area contributed by atoms with Crippen molar-refractivity contribution in [1.29, 1.82) is 5.26 Å². The SMILES string of the molecule is C[Si](C)(C)OC1(C#N)CCc2ccc(Br)cc2C1. The summed E-state index contributed by atoms with van der Waals surface area (Å²) in [6.45, 7) is 6.42. The first-order valence-electron chi connectivity index (χ1n) is 6.22. The van der Waals surface area contributed by atoms with Gasteiger partial charge in [-0.3, -0.25) is 0 Å². The maximum atomic E-state index is 9.54. The lowest BCUT2D eigenvalue weighted by atomic mass is 9.81. The van der Waals surface area contributed by atoms with E-state index in [1.165, 1.54) is 11.1 Å². The molecule has 0 aliphatic heterocycles. The van der Waals surface area contributed by atoms with Gasteiger partial charge in [-0.05, 0) is 55.7 Å². The predicted molar refractivity (Wildman–Crippen MR) is 78.9 cm³/mol. The highest BCUT2D eigenvalue weighted by Gasteiger charge is 2.39. The molecule has 1 aliphatic carbocycles. The lowest BCUT2D eigenvalue weighted by Gasteiger charge is -2.37. The Morgan fingerprint density at radius 1 is 1.33 bits per heavy atom. The number of nitrogens with zero attached hydrogens (tertiary/aromatic N) is 1. The highest BCUT2D eigenvalue weighted by Crippen LogP contribution is 2.34. The minimum absolute atomic E-state index is 0.613. The van der Waals surface area contributed by atoms with Gasteiger partial charge < -0.3 is 4.43 Å². The molecule has 0 N–H and O–H groups in total. The largest absolute Gasteiger partial charge is 0.400 e. The summed E-state index contributed by atoms with van der Waals surface area (Å²) >= 11 is 3.50. The average molecular weight is 324 g/mol. The topological polar surface area (TPSA) is 33.0 Å². The van der Waals surface area contributed by atoms with Crippen molar-refractivity contribution < 1.29 is 4.43 Å². The van der Waals surface area contributed by atoms with Gasteiger partial charge in [-0.15, -0.1) is 0 Å². The number of hydrogen-bond acceptors (Lipinski definition) is 2. The summed E-state index contributed by atoms with van der Waals surface area (Å²) in [7, 11) is -1.71. The van der Waals surface area contributed by atoms with Crippen LogP contribution in [0.15, 0.2) is 22.7 Å². The average Bonchev–Trinajstić information content (AvgIpc) is 2.26. The van der Waals surface area contributed by atoms with Crippen molar-refractivity contribution in [3.8, 4) is 6.07 Å². The molecule has 0 amide bonds. The number of aryl methyl sites for hydroxylation is 1. The van der Waals surface area contributed by atoms with Crippen molar-refractivity contribution in [2.75, 3.05) is 0 Å². The molecule has 1 atom stereocenters. The molecule has 96 valence electrons. The van der Waals surface area contributed by atoms with Crippen LogP contribution in [0.3, 0.4) is 0 Å². The van der Waals surface area contributed by atoms with Gasteiger partial charge in [0.15, 0.2) is 8.32 Å². The molecule has 1 aliphatic rings. The number of nitriles is 1. The Morgan fingerprint density at radius 3 is 2.67 bits per heavy atom. The summed E-state index contributed by atoms with van der Waals surface area (Å²) in [5.74, 6) is 0. The minimum atomic E-state index is -1.71. The molecule has 4 heteroatoms. The number of halogens is 1. The third-order valence-electron chi connectivity index (χ3n) is 3.15. The molecule has 0 radical (unpaired) electrons. The lowest BCUT2D eigenvalue weighted by molar-refractivity contribution is 0.104. The second kappa shape index (κ2) is 4.80. The maximum Gasteiger partial charge on any atom is 0.185 e. The Bertz CT molecular complexity index is 503. The second-order valence-corrected chi connectivity index (χ2v) is 11.3. The monoisotopic (exact) mass is 323 g/mol. The van der Waals surface area contributed by atoms with Crippen LogP contribution in [-0.2, 0) is 17.3 Å². The third-order valence-corrected chi connectivity index (χ3v) is 4.64. The molecule has 2 rings (SSSR count). The fourth-order valence-electron chi connectivity index (χ4n) is 2.53. The van der Waals surface area contributed by atoms with Gasteiger partial charge in [0.1, 0.15) is 5.60 Å². The molecule has 0 spiro atoms. The van der Waals surface area contributed by atoms with Gasteiger partial charge in [0.25, 0.3) is 0 Å². The fraction of sp³-hybridized carbons (Fsp3) is 0.500. The molecule has 0 fully saturated rings. The molecule has 2 nitrogen and oxygen atoms in total. The van der Waals surface area contributed by atoms with Crippen LogP contribution in [0.4, 0.5) is 0 Å². The van der Waals surface area contributed by atoms with E-state index in [1.54, 1.807) is 0 Å². The molecule has 0 heterocycles. The zero-order valence-electron chi connectivity index (χ0n) is 11.1. The van der Waals surface area contributed by atoms with Crippen molar-refractivity contribution in [2.45, 2.75) is 44.5 Å². The van der Waals surface area contributed by atoms with Crippen LogP contribution in [0.1, 0.15) is 17.5 Å². The summed E-state index contributed by atoms with van der Waals surface area (Å²) in [5.41, 5.74) is 1.98. The summed E-state index contributed by atoms with van der Waals surface area (Å²) < 4.78 is 7.25. The molecule has 0 aromatic heterocycles. The summed E-state index contributed by atoms with van der Waals surface area (Å²) in [5, 5.41) is 9.54. The maximum absolute atomic E-state index is 9.54. The Morgan fingerprint density at radius 2 is 2.06 bits per heavy atom. The van der Waals surface area contributed by atoms with Crippen LogP contribution in [0.2, 0.25) is 19.6 Å². The minimum Gasteiger partial charge on any atom is -0.400 e. The van der Waals surface area contributed by atoms with Gasteiger partial charge in [0.05, 0.1) is 6.07 Å².